The molecule has 0 N–H and O–H groups in total. The monoisotopic (exact) mass is 351 g/mol. The number of carbonyl (C=O) groups is 1. The van der Waals surface area contributed by atoms with Crippen molar-refractivity contribution in [2.75, 3.05) is 13.7 Å². The van der Waals surface area contributed by atoms with Gasteiger partial charge in [-0.2, -0.15) is 0 Å². The Bertz CT molecular complexity index is 866. The number of cyclic esters (lactones) is 1. The van der Waals surface area contributed by atoms with Gasteiger partial charge in [-0.25, -0.2) is 9.79 Å². The van der Waals surface area contributed by atoms with Crippen molar-refractivity contribution in [2.24, 2.45) is 4.99 Å². The predicted octanol–water partition coefficient (Wildman–Crippen LogP) is 4.14. The van der Waals surface area contributed by atoms with Crippen LogP contribution in [0.25, 0.3) is 6.08 Å². The number of carbonyl (C=O) groups excluding carboxylic acids is 1. The van der Waals surface area contributed by atoms with Crippen molar-refractivity contribution in [1.29, 1.82) is 0 Å². The number of methoxy groups -OCH3 is 1. The van der Waals surface area contributed by atoms with Gasteiger partial charge < -0.3 is 14.2 Å². The first-order valence-corrected chi connectivity index (χ1v) is 8.51. The fraction of sp³-hybridized carbons (Fsp3) is 0.238. The van der Waals surface area contributed by atoms with Gasteiger partial charge in [0.05, 0.1) is 13.7 Å². The summed E-state index contributed by atoms with van der Waals surface area (Å²) in [6, 6.07) is 13.2. The molecule has 26 heavy (non-hydrogen) atoms. The minimum Gasteiger partial charge on any atom is -0.493 e. The summed E-state index contributed by atoms with van der Waals surface area (Å²) < 4.78 is 16.3. The van der Waals surface area contributed by atoms with Crippen molar-refractivity contribution in [1.82, 2.24) is 0 Å². The maximum absolute atomic E-state index is 12.1. The third kappa shape index (κ3) is 3.94. The number of rotatable bonds is 6. The Hall–Kier alpha value is -3.08. The molecule has 0 saturated carbocycles. The zero-order valence-electron chi connectivity index (χ0n) is 15.1. The second-order valence-electron chi connectivity index (χ2n) is 5.96. The first-order chi connectivity index (χ1) is 12.6. The molecule has 0 aliphatic carbocycles. The first kappa shape index (κ1) is 17.7. The quantitative estimate of drug-likeness (QED) is 0.580. The van der Waals surface area contributed by atoms with Gasteiger partial charge in [-0.1, -0.05) is 30.7 Å². The summed E-state index contributed by atoms with van der Waals surface area (Å²) in [5, 5.41) is 0. The smallest absolute Gasteiger partial charge is 0.363 e. The topological polar surface area (TPSA) is 57.1 Å². The van der Waals surface area contributed by atoms with Crippen LogP contribution in [0.15, 0.2) is 53.2 Å². The van der Waals surface area contributed by atoms with Crippen LogP contribution in [0, 0.1) is 6.92 Å². The molecule has 1 heterocycles. The Kier molecular flexibility index (Phi) is 5.37. The van der Waals surface area contributed by atoms with Crippen LogP contribution < -0.4 is 9.47 Å². The molecule has 0 saturated heterocycles. The van der Waals surface area contributed by atoms with Crippen LogP contribution in [0.4, 0.5) is 0 Å². The fourth-order valence-corrected chi connectivity index (χ4v) is 2.49. The lowest BCUT2D eigenvalue weighted by Gasteiger charge is -2.10. The van der Waals surface area contributed by atoms with E-state index in [2.05, 4.69) is 4.99 Å². The molecule has 2 aromatic rings. The van der Waals surface area contributed by atoms with E-state index in [1.807, 2.05) is 56.3 Å². The van der Waals surface area contributed by atoms with Gasteiger partial charge in [0.2, 0.25) is 5.90 Å². The number of aryl methyl sites for hydroxylation is 1. The molecule has 0 radical (unpaired) electrons. The largest absolute Gasteiger partial charge is 0.493 e. The molecule has 134 valence electrons. The summed E-state index contributed by atoms with van der Waals surface area (Å²) in [6.07, 6.45) is 2.59. The Morgan fingerprint density at radius 3 is 2.58 bits per heavy atom. The molecule has 2 aromatic carbocycles. The van der Waals surface area contributed by atoms with E-state index in [4.69, 9.17) is 14.2 Å². The van der Waals surface area contributed by atoms with E-state index >= 15 is 0 Å². The lowest BCUT2D eigenvalue weighted by Crippen LogP contribution is -2.05. The second kappa shape index (κ2) is 7.87. The third-order valence-corrected chi connectivity index (χ3v) is 3.87. The summed E-state index contributed by atoms with van der Waals surface area (Å²) in [5.41, 5.74) is 2.94. The summed E-state index contributed by atoms with van der Waals surface area (Å²) >= 11 is 0. The summed E-state index contributed by atoms with van der Waals surface area (Å²) in [6.45, 7) is 4.66. The van der Waals surface area contributed by atoms with E-state index in [1.54, 1.807) is 13.2 Å². The minimum atomic E-state index is -0.467. The average molecular weight is 351 g/mol. The number of benzene rings is 2. The highest BCUT2D eigenvalue weighted by Gasteiger charge is 2.24. The van der Waals surface area contributed by atoms with E-state index in [9.17, 15) is 4.79 Å². The van der Waals surface area contributed by atoms with Gasteiger partial charge in [-0.3, -0.25) is 0 Å². The van der Waals surface area contributed by atoms with Crippen LogP contribution in [0.1, 0.15) is 30.0 Å². The molecule has 0 fully saturated rings. The van der Waals surface area contributed by atoms with Gasteiger partial charge >= 0.3 is 5.97 Å². The van der Waals surface area contributed by atoms with E-state index in [1.165, 1.54) is 0 Å². The Morgan fingerprint density at radius 1 is 1.12 bits per heavy atom. The molecular formula is C21H21NO4. The van der Waals surface area contributed by atoms with E-state index < -0.39 is 5.97 Å². The van der Waals surface area contributed by atoms with Crippen LogP contribution in [0.5, 0.6) is 11.5 Å². The highest BCUT2D eigenvalue weighted by atomic mass is 16.6. The molecule has 0 aromatic heterocycles. The molecule has 1 aliphatic heterocycles. The SMILES string of the molecule is CCCOc1ccc(/C=C2/N=C(c3ccc(C)cc3)OC2=O)cc1OC. The van der Waals surface area contributed by atoms with Crippen LogP contribution in [0.2, 0.25) is 0 Å². The number of hydrogen-bond donors (Lipinski definition) is 0. The van der Waals surface area contributed by atoms with Gasteiger partial charge in [0.25, 0.3) is 0 Å². The van der Waals surface area contributed by atoms with Gasteiger partial charge in [0, 0.05) is 5.56 Å². The predicted molar refractivity (Wildman–Crippen MR) is 101 cm³/mol. The van der Waals surface area contributed by atoms with Crippen molar-refractivity contribution in [3.63, 3.8) is 0 Å². The highest BCUT2D eigenvalue weighted by Crippen LogP contribution is 2.30. The van der Waals surface area contributed by atoms with Gasteiger partial charge in [-0.05, 0) is 49.2 Å². The van der Waals surface area contributed by atoms with E-state index in [0.29, 0.717) is 24.0 Å². The molecular weight excluding hydrogens is 330 g/mol. The van der Waals surface area contributed by atoms with Gasteiger partial charge in [0.15, 0.2) is 17.2 Å². The second-order valence-corrected chi connectivity index (χ2v) is 5.96. The van der Waals surface area contributed by atoms with Crippen LogP contribution >= 0.6 is 0 Å². The van der Waals surface area contributed by atoms with Crippen molar-refractivity contribution in [2.45, 2.75) is 20.3 Å². The molecule has 0 spiro atoms. The Balaban J connectivity index is 1.86. The first-order valence-electron chi connectivity index (χ1n) is 8.51. The summed E-state index contributed by atoms with van der Waals surface area (Å²) in [7, 11) is 1.59. The molecule has 0 atom stereocenters. The fourth-order valence-electron chi connectivity index (χ4n) is 2.49. The van der Waals surface area contributed by atoms with E-state index in [-0.39, 0.29) is 5.70 Å². The highest BCUT2D eigenvalue weighted by molar-refractivity contribution is 6.12. The number of esters is 1. The lowest BCUT2D eigenvalue weighted by atomic mass is 10.1. The minimum absolute atomic E-state index is 0.254. The number of nitrogens with zero attached hydrogens (tertiary/aromatic N) is 1. The normalized spacial score (nSPS) is 15.0. The maximum atomic E-state index is 12.1. The van der Waals surface area contributed by atoms with Crippen molar-refractivity contribution >= 4 is 17.9 Å². The van der Waals surface area contributed by atoms with Crippen molar-refractivity contribution in [3.8, 4) is 11.5 Å². The van der Waals surface area contributed by atoms with Crippen LogP contribution in [-0.4, -0.2) is 25.6 Å². The lowest BCUT2D eigenvalue weighted by molar-refractivity contribution is -0.129. The number of hydrogen-bond acceptors (Lipinski definition) is 5. The van der Waals surface area contributed by atoms with E-state index in [0.717, 1.165) is 23.1 Å². The average Bonchev–Trinajstić information content (AvgIpc) is 3.01. The third-order valence-electron chi connectivity index (χ3n) is 3.87. The van der Waals surface area contributed by atoms with Gasteiger partial charge in [0.1, 0.15) is 0 Å². The van der Waals surface area contributed by atoms with Crippen molar-refractivity contribution < 1.29 is 19.0 Å². The molecule has 0 amide bonds. The molecule has 0 bridgehead atoms. The molecule has 5 nitrogen and oxygen atoms in total. The maximum Gasteiger partial charge on any atom is 0.363 e. The Morgan fingerprint density at radius 2 is 1.88 bits per heavy atom. The standard InChI is InChI=1S/C21H21NO4/c1-4-11-25-18-10-7-15(13-19(18)24-3)12-17-21(23)26-20(22-17)16-8-5-14(2)6-9-16/h5-10,12-13H,4,11H2,1-3H3/b17-12+. The molecule has 1 aliphatic rings. The Labute approximate surface area is 152 Å². The van der Waals surface area contributed by atoms with Gasteiger partial charge in [-0.15, -0.1) is 0 Å². The molecule has 3 rings (SSSR count). The van der Waals surface area contributed by atoms with Crippen LogP contribution in [0.3, 0.4) is 0 Å². The molecule has 0 unspecified atom stereocenters. The number of ether oxygens (including phenoxy) is 3. The summed E-state index contributed by atoms with van der Waals surface area (Å²) in [5.74, 6) is 1.14. The summed E-state index contributed by atoms with van der Waals surface area (Å²) in [4.78, 5) is 16.5. The number of aliphatic imine (C=N–C) groups is 1. The molecule has 5 heteroatoms. The van der Waals surface area contributed by atoms with Crippen molar-refractivity contribution in [3.05, 3.63) is 64.9 Å². The van der Waals surface area contributed by atoms with Crippen LogP contribution in [-0.2, 0) is 9.53 Å². The zero-order chi connectivity index (χ0) is 18.5. The zero-order valence-corrected chi connectivity index (χ0v) is 15.1.